The molecular weight excluding hydrogens is 218 g/mol. The third-order valence-electron chi connectivity index (χ3n) is 3.50. The highest BCUT2D eigenvalue weighted by atomic mass is 16.4. The van der Waals surface area contributed by atoms with Crippen molar-refractivity contribution < 1.29 is 9.90 Å². The number of nitrogens with one attached hydrogen (secondary N) is 1. The van der Waals surface area contributed by atoms with Crippen molar-refractivity contribution in [2.24, 2.45) is 11.8 Å². The topological polar surface area (TPSA) is 69.2 Å². The molecule has 0 saturated carbocycles. The molecule has 0 radical (unpaired) electrons. The minimum atomic E-state index is -0.683. The van der Waals surface area contributed by atoms with Crippen LogP contribution < -0.4 is 4.90 Å². The first-order valence-corrected chi connectivity index (χ1v) is 6.09. The Kier molecular flexibility index (Phi) is 3.36. The van der Waals surface area contributed by atoms with Gasteiger partial charge in [0.25, 0.3) is 0 Å². The van der Waals surface area contributed by atoms with Crippen molar-refractivity contribution in [1.82, 2.24) is 10.2 Å². The molecule has 0 aromatic carbocycles. The molecule has 1 aromatic rings. The van der Waals surface area contributed by atoms with Gasteiger partial charge in [-0.05, 0) is 18.8 Å². The molecule has 2 atom stereocenters. The standard InChI is InChI=1S/C12H19N3O2/c1-8(2)11-10(12(16)17)4-3-5-15(11)9-6-13-14-7-9/h6-8,10-11H,3-5H2,1-2H3,(H,13,14)(H,16,17)/t10-,11+/m0/s1. The minimum absolute atomic E-state index is 0.0545. The molecule has 1 aliphatic rings. The largest absolute Gasteiger partial charge is 0.481 e. The lowest BCUT2D eigenvalue weighted by Crippen LogP contribution is -2.50. The Hall–Kier alpha value is -1.52. The summed E-state index contributed by atoms with van der Waals surface area (Å²) in [5, 5.41) is 16.1. The van der Waals surface area contributed by atoms with Gasteiger partial charge in [0.2, 0.25) is 0 Å². The van der Waals surface area contributed by atoms with Gasteiger partial charge in [-0.1, -0.05) is 13.8 Å². The maximum atomic E-state index is 11.3. The first kappa shape index (κ1) is 12.0. The van der Waals surface area contributed by atoms with Crippen molar-refractivity contribution in [2.75, 3.05) is 11.4 Å². The molecule has 17 heavy (non-hydrogen) atoms. The molecule has 2 N–H and O–H groups in total. The Morgan fingerprint density at radius 3 is 2.94 bits per heavy atom. The fourth-order valence-corrected chi connectivity index (χ4v) is 2.82. The van der Waals surface area contributed by atoms with Gasteiger partial charge < -0.3 is 10.0 Å². The summed E-state index contributed by atoms with van der Waals surface area (Å²) in [6.45, 7) is 5.07. The molecule has 2 rings (SSSR count). The highest BCUT2D eigenvalue weighted by molar-refractivity contribution is 5.72. The number of nitrogens with zero attached hydrogens (tertiary/aromatic N) is 2. The number of piperidine rings is 1. The van der Waals surface area contributed by atoms with Gasteiger partial charge in [0.15, 0.2) is 0 Å². The Morgan fingerprint density at radius 1 is 1.65 bits per heavy atom. The molecule has 5 nitrogen and oxygen atoms in total. The van der Waals surface area contributed by atoms with Gasteiger partial charge in [-0.25, -0.2) is 0 Å². The van der Waals surface area contributed by atoms with E-state index in [4.69, 9.17) is 0 Å². The molecule has 0 aliphatic carbocycles. The quantitative estimate of drug-likeness (QED) is 0.840. The van der Waals surface area contributed by atoms with E-state index in [1.54, 1.807) is 6.20 Å². The van der Waals surface area contributed by atoms with Gasteiger partial charge in [0.05, 0.1) is 17.8 Å². The summed E-state index contributed by atoms with van der Waals surface area (Å²) in [4.78, 5) is 13.5. The van der Waals surface area contributed by atoms with Gasteiger partial charge in [-0.15, -0.1) is 0 Å². The SMILES string of the molecule is CC(C)[C@@H]1[C@@H](C(=O)O)CCCN1c1cn[nH]c1. The van der Waals surface area contributed by atoms with Crippen LogP contribution in [0.5, 0.6) is 0 Å². The molecule has 2 heterocycles. The lowest BCUT2D eigenvalue weighted by Gasteiger charge is -2.42. The van der Waals surface area contributed by atoms with Crippen molar-refractivity contribution in [3.63, 3.8) is 0 Å². The van der Waals surface area contributed by atoms with Gasteiger partial charge >= 0.3 is 5.97 Å². The fourth-order valence-electron chi connectivity index (χ4n) is 2.82. The molecule has 0 bridgehead atoms. The minimum Gasteiger partial charge on any atom is -0.481 e. The van der Waals surface area contributed by atoms with E-state index in [0.29, 0.717) is 5.92 Å². The van der Waals surface area contributed by atoms with E-state index in [1.165, 1.54) is 0 Å². The summed E-state index contributed by atoms with van der Waals surface area (Å²) in [5.74, 6) is -0.651. The van der Waals surface area contributed by atoms with E-state index in [2.05, 4.69) is 28.9 Å². The third-order valence-corrected chi connectivity index (χ3v) is 3.50. The number of hydrogen-bond donors (Lipinski definition) is 2. The van der Waals surface area contributed by atoms with Gasteiger partial charge in [0.1, 0.15) is 0 Å². The first-order valence-electron chi connectivity index (χ1n) is 6.09. The van der Waals surface area contributed by atoms with Crippen LogP contribution in [0, 0.1) is 11.8 Å². The zero-order chi connectivity index (χ0) is 12.4. The average Bonchev–Trinajstić information content (AvgIpc) is 2.81. The second-order valence-corrected chi connectivity index (χ2v) is 4.97. The summed E-state index contributed by atoms with van der Waals surface area (Å²) in [5.41, 5.74) is 0.995. The van der Waals surface area contributed by atoms with Crippen molar-refractivity contribution in [2.45, 2.75) is 32.7 Å². The Bertz CT molecular complexity index is 375. The van der Waals surface area contributed by atoms with E-state index in [1.807, 2.05) is 6.20 Å². The maximum Gasteiger partial charge on any atom is 0.308 e. The normalized spacial score (nSPS) is 25.2. The second-order valence-electron chi connectivity index (χ2n) is 4.97. The van der Waals surface area contributed by atoms with E-state index in [-0.39, 0.29) is 12.0 Å². The molecule has 94 valence electrons. The van der Waals surface area contributed by atoms with E-state index in [9.17, 15) is 9.90 Å². The molecular formula is C12H19N3O2. The molecule has 1 aliphatic heterocycles. The number of anilines is 1. The number of rotatable bonds is 3. The Morgan fingerprint density at radius 2 is 2.41 bits per heavy atom. The predicted octanol–water partition coefficient (Wildman–Crippen LogP) is 1.74. The van der Waals surface area contributed by atoms with Crippen molar-refractivity contribution in [1.29, 1.82) is 0 Å². The summed E-state index contributed by atoms with van der Waals surface area (Å²) in [7, 11) is 0. The van der Waals surface area contributed by atoms with E-state index < -0.39 is 5.97 Å². The Labute approximate surface area is 101 Å². The number of aromatic nitrogens is 2. The van der Waals surface area contributed by atoms with Crippen LogP contribution in [0.4, 0.5) is 5.69 Å². The fraction of sp³-hybridized carbons (Fsp3) is 0.667. The van der Waals surface area contributed by atoms with Crippen molar-refractivity contribution in [3.8, 4) is 0 Å². The van der Waals surface area contributed by atoms with Crippen molar-refractivity contribution in [3.05, 3.63) is 12.4 Å². The van der Waals surface area contributed by atoms with E-state index in [0.717, 1.165) is 25.1 Å². The summed E-state index contributed by atoms with van der Waals surface area (Å²) in [6, 6.07) is 0.0545. The number of aliphatic carboxylic acids is 1. The third kappa shape index (κ3) is 2.28. The van der Waals surface area contributed by atoms with Crippen LogP contribution in [0.15, 0.2) is 12.4 Å². The molecule has 1 aromatic heterocycles. The zero-order valence-corrected chi connectivity index (χ0v) is 10.3. The lowest BCUT2D eigenvalue weighted by molar-refractivity contribution is -0.143. The van der Waals surface area contributed by atoms with Gasteiger partial charge in [0, 0.05) is 18.8 Å². The molecule has 1 saturated heterocycles. The van der Waals surface area contributed by atoms with Crippen LogP contribution in [-0.2, 0) is 4.79 Å². The van der Waals surface area contributed by atoms with Crippen LogP contribution in [0.3, 0.4) is 0 Å². The summed E-state index contributed by atoms with van der Waals surface area (Å²) in [6.07, 6.45) is 5.29. The molecule has 0 spiro atoms. The first-order chi connectivity index (χ1) is 8.11. The molecule has 0 amide bonds. The number of hydrogen-bond acceptors (Lipinski definition) is 3. The smallest absolute Gasteiger partial charge is 0.308 e. The highest BCUT2D eigenvalue weighted by Gasteiger charge is 2.38. The zero-order valence-electron chi connectivity index (χ0n) is 10.3. The summed E-state index contributed by atoms with van der Waals surface area (Å²) >= 11 is 0. The van der Waals surface area contributed by atoms with Crippen LogP contribution in [0.25, 0.3) is 0 Å². The number of aromatic amines is 1. The highest BCUT2D eigenvalue weighted by Crippen LogP contribution is 2.32. The van der Waals surface area contributed by atoms with Crippen LogP contribution in [0.1, 0.15) is 26.7 Å². The lowest BCUT2D eigenvalue weighted by atomic mass is 9.82. The van der Waals surface area contributed by atoms with Crippen LogP contribution >= 0.6 is 0 Å². The number of H-pyrrole nitrogens is 1. The molecule has 5 heteroatoms. The predicted molar refractivity (Wildman–Crippen MR) is 64.9 cm³/mol. The Balaban J connectivity index is 2.27. The van der Waals surface area contributed by atoms with Gasteiger partial charge in [-0.3, -0.25) is 9.89 Å². The van der Waals surface area contributed by atoms with Gasteiger partial charge in [-0.2, -0.15) is 5.10 Å². The summed E-state index contributed by atoms with van der Waals surface area (Å²) < 4.78 is 0. The van der Waals surface area contributed by atoms with Crippen molar-refractivity contribution >= 4 is 11.7 Å². The molecule has 1 fully saturated rings. The number of carboxylic acids is 1. The average molecular weight is 237 g/mol. The number of carbonyl (C=O) groups is 1. The molecule has 0 unspecified atom stereocenters. The van der Waals surface area contributed by atoms with Crippen LogP contribution in [-0.4, -0.2) is 33.9 Å². The monoisotopic (exact) mass is 237 g/mol. The number of carboxylic acid groups (broad SMARTS) is 1. The second kappa shape index (κ2) is 4.77. The maximum absolute atomic E-state index is 11.3. The van der Waals surface area contributed by atoms with Crippen LogP contribution in [0.2, 0.25) is 0 Å². The van der Waals surface area contributed by atoms with E-state index >= 15 is 0 Å².